The van der Waals surface area contributed by atoms with Gasteiger partial charge in [-0.3, -0.25) is 14.9 Å². The molecule has 0 unspecified atom stereocenters. The molecule has 0 radical (unpaired) electrons. The third kappa shape index (κ3) is 3.95. The Balaban J connectivity index is 1.63. The van der Waals surface area contributed by atoms with Crippen LogP contribution < -0.4 is 20.0 Å². The van der Waals surface area contributed by atoms with Crippen LogP contribution in [0.5, 0.6) is 5.75 Å². The zero-order valence-electron chi connectivity index (χ0n) is 19.6. The van der Waals surface area contributed by atoms with Crippen LogP contribution in [0.1, 0.15) is 12.8 Å². The standard InChI is InChI=1S/C24H29N7O3/c1-29(15-32)22-13-25-21-9-23(33-3)19(16-10-26-27-11-16)8-20(21)24(22)30(2)18-12-28-31(14-18)17-4-6-34-7-5-17/h8-11,13-15,17,28H,4-7,12H2,1-3H3,(H,26,27). The summed E-state index contributed by atoms with van der Waals surface area (Å²) in [4.78, 5) is 20.1. The first-order valence-electron chi connectivity index (χ1n) is 11.3. The molecule has 0 spiro atoms. The Morgan fingerprint density at radius 1 is 1.24 bits per heavy atom. The van der Waals surface area contributed by atoms with Gasteiger partial charge in [0, 0.05) is 68.3 Å². The van der Waals surface area contributed by atoms with Crippen molar-refractivity contribution in [2.24, 2.45) is 0 Å². The van der Waals surface area contributed by atoms with E-state index in [-0.39, 0.29) is 0 Å². The minimum absolute atomic E-state index is 0.405. The van der Waals surface area contributed by atoms with Crippen molar-refractivity contribution >= 4 is 28.7 Å². The summed E-state index contributed by atoms with van der Waals surface area (Å²) in [6, 6.07) is 4.39. The van der Waals surface area contributed by atoms with E-state index in [2.05, 4.69) is 42.8 Å². The number of pyridine rings is 1. The predicted molar refractivity (Wildman–Crippen MR) is 131 cm³/mol. The summed E-state index contributed by atoms with van der Waals surface area (Å²) in [7, 11) is 5.41. The second kappa shape index (κ2) is 9.32. The van der Waals surface area contributed by atoms with Gasteiger partial charge < -0.3 is 24.3 Å². The molecule has 178 valence electrons. The van der Waals surface area contributed by atoms with E-state index in [9.17, 15) is 4.79 Å². The summed E-state index contributed by atoms with van der Waals surface area (Å²) in [5.41, 5.74) is 8.81. The van der Waals surface area contributed by atoms with Gasteiger partial charge in [-0.2, -0.15) is 5.10 Å². The summed E-state index contributed by atoms with van der Waals surface area (Å²) in [6.07, 6.45) is 10.3. The molecule has 1 fully saturated rings. The lowest BCUT2D eigenvalue weighted by molar-refractivity contribution is -0.107. The van der Waals surface area contributed by atoms with Gasteiger partial charge >= 0.3 is 0 Å². The number of likely N-dealkylation sites (N-methyl/N-ethyl adjacent to an activating group) is 1. The predicted octanol–water partition coefficient (Wildman–Crippen LogP) is 2.50. The number of nitrogens with one attached hydrogen (secondary N) is 2. The molecule has 34 heavy (non-hydrogen) atoms. The van der Waals surface area contributed by atoms with Crippen LogP contribution >= 0.6 is 0 Å². The average Bonchev–Trinajstić information content (AvgIpc) is 3.60. The quantitative estimate of drug-likeness (QED) is 0.516. The molecule has 2 aliphatic heterocycles. The Hall–Kier alpha value is -3.63. The second-order valence-electron chi connectivity index (χ2n) is 8.53. The number of carbonyl (C=O) groups excluding carboxylic acids is 1. The van der Waals surface area contributed by atoms with Gasteiger partial charge in [0.05, 0.1) is 48.6 Å². The number of aromatic nitrogens is 3. The zero-order valence-corrected chi connectivity index (χ0v) is 19.6. The number of benzene rings is 1. The number of rotatable bonds is 7. The lowest BCUT2D eigenvalue weighted by Gasteiger charge is -2.30. The highest BCUT2D eigenvalue weighted by atomic mass is 16.5. The summed E-state index contributed by atoms with van der Waals surface area (Å²) >= 11 is 0. The molecule has 10 heteroatoms. The number of H-pyrrole nitrogens is 1. The van der Waals surface area contributed by atoms with Crippen LogP contribution in [0.3, 0.4) is 0 Å². The number of carbonyl (C=O) groups is 1. The molecule has 1 saturated heterocycles. The van der Waals surface area contributed by atoms with Gasteiger partial charge in [-0.1, -0.05) is 0 Å². The molecule has 0 bridgehead atoms. The monoisotopic (exact) mass is 463 g/mol. The van der Waals surface area contributed by atoms with Crippen molar-refractivity contribution in [2.75, 3.05) is 50.8 Å². The topological polar surface area (TPSA) is 98.8 Å². The smallest absolute Gasteiger partial charge is 0.213 e. The van der Waals surface area contributed by atoms with Crippen molar-refractivity contribution < 1.29 is 14.3 Å². The molecule has 5 rings (SSSR count). The lowest BCUT2D eigenvalue weighted by Crippen LogP contribution is -2.41. The number of methoxy groups -OCH3 is 1. The highest BCUT2D eigenvalue weighted by molar-refractivity contribution is 6.04. The maximum atomic E-state index is 11.8. The van der Waals surface area contributed by atoms with E-state index in [4.69, 9.17) is 9.47 Å². The van der Waals surface area contributed by atoms with Crippen LogP contribution in [-0.2, 0) is 9.53 Å². The second-order valence-corrected chi connectivity index (χ2v) is 8.53. The van der Waals surface area contributed by atoms with E-state index in [1.165, 1.54) is 0 Å². The van der Waals surface area contributed by atoms with Crippen LogP contribution in [0.2, 0.25) is 0 Å². The largest absolute Gasteiger partial charge is 0.496 e. The Labute approximate surface area is 198 Å². The van der Waals surface area contributed by atoms with E-state index < -0.39 is 0 Å². The number of hydrogen-bond acceptors (Lipinski definition) is 8. The number of fused-ring (bicyclic) bond motifs is 1. The zero-order chi connectivity index (χ0) is 23.7. The Kier molecular flexibility index (Phi) is 6.08. The molecule has 0 atom stereocenters. The number of hydrogen-bond donors (Lipinski definition) is 2. The van der Waals surface area contributed by atoms with Crippen LogP contribution in [0.25, 0.3) is 22.0 Å². The summed E-state index contributed by atoms with van der Waals surface area (Å²) in [5, 5.41) is 10.1. The fourth-order valence-corrected chi connectivity index (χ4v) is 4.63. The van der Waals surface area contributed by atoms with Crippen molar-refractivity contribution in [1.82, 2.24) is 25.6 Å². The van der Waals surface area contributed by atoms with Gasteiger partial charge in [0.2, 0.25) is 6.41 Å². The summed E-state index contributed by atoms with van der Waals surface area (Å²) < 4.78 is 11.2. The molecule has 0 aliphatic carbocycles. The molecule has 1 aromatic carbocycles. The first-order valence-corrected chi connectivity index (χ1v) is 11.3. The Bertz CT molecular complexity index is 1200. The van der Waals surface area contributed by atoms with Crippen molar-refractivity contribution in [2.45, 2.75) is 18.9 Å². The SMILES string of the molecule is COc1cc2ncc(N(C)C=O)c(N(C)C3=CN(C4CCOCC4)NC3)c2cc1-c1cn[nH]c1. The molecule has 2 aliphatic rings. The van der Waals surface area contributed by atoms with Crippen molar-refractivity contribution in [1.29, 1.82) is 0 Å². The van der Waals surface area contributed by atoms with Gasteiger partial charge in [0.25, 0.3) is 0 Å². The molecular formula is C24H29N7O3. The first kappa shape index (κ1) is 22.2. The normalized spacial score (nSPS) is 16.6. The number of amides is 1. The van der Waals surface area contributed by atoms with Gasteiger partial charge in [0.15, 0.2) is 0 Å². The van der Waals surface area contributed by atoms with Crippen molar-refractivity contribution in [3.63, 3.8) is 0 Å². The van der Waals surface area contributed by atoms with Crippen LogP contribution in [0.4, 0.5) is 11.4 Å². The number of ether oxygens (including phenoxy) is 2. The number of anilines is 2. The number of hydrazine groups is 1. The van der Waals surface area contributed by atoms with Crippen LogP contribution in [0.15, 0.2) is 42.6 Å². The van der Waals surface area contributed by atoms with Crippen molar-refractivity contribution in [3.05, 3.63) is 42.6 Å². The molecule has 4 heterocycles. The van der Waals surface area contributed by atoms with Gasteiger partial charge in [-0.25, -0.2) is 5.43 Å². The summed E-state index contributed by atoms with van der Waals surface area (Å²) in [6.45, 7) is 2.25. The van der Waals surface area contributed by atoms with E-state index >= 15 is 0 Å². The number of nitrogens with zero attached hydrogens (tertiary/aromatic N) is 5. The minimum atomic E-state index is 0.405. The minimum Gasteiger partial charge on any atom is -0.496 e. The van der Waals surface area contributed by atoms with E-state index in [0.29, 0.717) is 18.3 Å². The van der Waals surface area contributed by atoms with Crippen LogP contribution in [-0.4, -0.2) is 73.6 Å². The van der Waals surface area contributed by atoms with E-state index in [1.54, 1.807) is 31.5 Å². The van der Waals surface area contributed by atoms with E-state index in [1.807, 2.05) is 19.3 Å². The molecule has 1 amide bonds. The van der Waals surface area contributed by atoms with Gasteiger partial charge in [-0.15, -0.1) is 0 Å². The maximum absolute atomic E-state index is 11.8. The Morgan fingerprint density at radius 2 is 2.06 bits per heavy atom. The molecule has 10 nitrogen and oxygen atoms in total. The highest BCUT2D eigenvalue weighted by Gasteiger charge is 2.27. The third-order valence-corrected chi connectivity index (χ3v) is 6.57. The van der Waals surface area contributed by atoms with E-state index in [0.717, 1.165) is 71.6 Å². The molecule has 2 N–H and O–H groups in total. The molecule has 3 aromatic rings. The Morgan fingerprint density at radius 3 is 2.76 bits per heavy atom. The first-order chi connectivity index (χ1) is 16.6. The molecule has 0 saturated carbocycles. The number of aromatic amines is 1. The average molecular weight is 464 g/mol. The summed E-state index contributed by atoms with van der Waals surface area (Å²) in [5.74, 6) is 0.707. The highest BCUT2D eigenvalue weighted by Crippen LogP contribution is 2.41. The van der Waals surface area contributed by atoms with Gasteiger partial charge in [-0.05, 0) is 18.9 Å². The molecule has 2 aromatic heterocycles. The molecular weight excluding hydrogens is 434 g/mol. The fraction of sp³-hybridized carbons (Fsp3) is 0.375. The fourth-order valence-electron chi connectivity index (χ4n) is 4.63. The van der Waals surface area contributed by atoms with Crippen molar-refractivity contribution in [3.8, 4) is 16.9 Å². The maximum Gasteiger partial charge on any atom is 0.213 e. The lowest BCUT2D eigenvalue weighted by atomic mass is 10.0. The van der Waals surface area contributed by atoms with Gasteiger partial charge in [0.1, 0.15) is 5.75 Å². The third-order valence-electron chi connectivity index (χ3n) is 6.57. The van der Waals surface area contributed by atoms with Crippen LogP contribution in [0, 0.1) is 0 Å².